The van der Waals surface area contributed by atoms with E-state index < -0.39 is 6.09 Å². The molecule has 0 bridgehead atoms. The third-order valence-corrected chi connectivity index (χ3v) is 2.97. The molecule has 4 nitrogen and oxygen atoms in total. The number of carbonyl (C=O) groups is 1. The van der Waals surface area contributed by atoms with Gasteiger partial charge in [0, 0.05) is 16.0 Å². The minimum atomic E-state index is -0.547. The second kappa shape index (κ2) is 10.6. The van der Waals surface area contributed by atoms with Crippen LogP contribution in [0.2, 0.25) is 5.02 Å². The van der Waals surface area contributed by atoms with Crippen molar-refractivity contribution in [3.05, 3.63) is 29.3 Å². The highest BCUT2D eigenvalue weighted by Gasteiger charge is 2.01. The zero-order valence-corrected chi connectivity index (χ0v) is 13.3. The maximum Gasteiger partial charge on any atom is 0.412 e. The summed E-state index contributed by atoms with van der Waals surface area (Å²) in [5.74, 6) is 5.63. The molecule has 1 aromatic carbocycles. The molecule has 108 valence electrons. The Balaban J connectivity index is 2.16. The fourth-order valence-corrected chi connectivity index (χ4v) is 1.75. The Bertz CT molecular complexity index is 486. The summed E-state index contributed by atoms with van der Waals surface area (Å²) in [4.78, 5) is 11.4. The molecular weight excluding hydrogens is 344 g/mol. The zero-order chi connectivity index (χ0) is 14.6. The average molecular weight is 360 g/mol. The average Bonchev–Trinajstić information content (AvgIpc) is 2.42. The molecule has 6 heteroatoms. The van der Waals surface area contributed by atoms with Crippen LogP contribution in [0.4, 0.5) is 10.5 Å². The van der Waals surface area contributed by atoms with Gasteiger partial charge in [0.25, 0.3) is 0 Å². The van der Waals surface area contributed by atoms with E-state index in [0.29, 0.717) is 17.3 Å². The van der Waals surface area contributed by atoms with Gasteiger partial charge in [-0.1, -0.05) is 45.4 Å². The first-order valence-corrected chi connectivity index (χ1v) is 7.64. The van der Waals surface area contributed by atoms with Crippen molar-refractivity contribution in [2.75, 3.05) is 30.3 Å². The third-order valence-electron chi connectivity index (χ3n) is 2.17. The molecule has 0 aromatic heterocycles. The molecule has 0 unspecified atom stereocenters. The third kappa shape index (κ3) is 8.05. The number of nitrogens with one attached hydrogen (secondary N) is 2. The van der Waals surface area contributed by atoms with Gasteiger partial charge in [-0.3, -0.25) is 5.32 Å². The Morgan fingerprint density at radius 3 is 3.00 bits per heavy atom. The highest BCUT2D eigenvalue weighted by Crippen LogP contribution is 2.14. The molecule has 1 rings (SSSR count). The van der Waals surface area contributed by atoms with Crippen molar-refractivity contribution in [2.24, 2.45) is 0 Å². The van der Waals surface area contributed by atoms with Crippen molar-refractivity contribution < 1.29 is 9.53 Å². The number of anilines is 1. The first-order valence-electron chi connectivity index (χ1n) is 6.14. The lowest BCUT2D eigenvalue weighted by Crippen LogP contribution is -2.16. The van der Waals surface area contributed by atoms with E-state index in [0.717, 1.165) is 18.3 Å². The molecule has 0 saturated carbocycles. The fraction of sp³-hybridized carbons (Fsp3) is 0.357. The molecule has 0 radical (unpaired) electrons. The van der Waals surface area contributed by atoms with Gasteiger partial charge in [-0.15, -0.1) is 0 Å². The van der Waals surface area contributed by atoms with E-state index in [9.17, 15) is 4.79 Å². The van der Waals surface area contributed by atoms with E-state index in [1.54, 1.807) is 24.3 Å². The van der Waals surface area contributed by atoms with Gasteiger partial charge in [-0.25, -0.2) is 4.79 Å². The Hall–Kier alpha value is -1.22. The summed E-state index contributed by atoms with van der Waals surface area (Å²) in [5, 5.41) is 7.24. The highest BCUT2D eigenvalue weighted by atomic mass is 79.9. The number of halogens is 2. The number of hydrogen-bond donors (Lipinski definition) is 2. The van der Waals surface area contributed by atoms with E-state index in [1.165, 1.54) is 0 Å². The topological polar surface area (TPSA) is 50.4 Å². The molecule has 0 aliphatic rings. The van der Waals surface area contributed by atoms with Crippen molar-refractivity contribution in [1.29, 1.82) is 0 Å². The SMILES string of the molecule is O=C(Nc1cccc(Cl)c1)OCC#CCNCCCBr. The van der Waals surface area contributed by atoms with E-state index in [2.05, 4.69) is 38.4 Å². The van der Waals surface area contributed by atoms with Crippen LogP contribution >= 0.6 is 27.5 Å². The van der Waals surface area contributed by atoms with Gasteiger partial charge in [0.05, 0.1) is 6.54 Å². The standard InChI is InChI=1S/C14H16BrClN2O2/c15-7-4-9-17-8-1-2-10-20-14(19)18-13-6-3-5-12(16)11-13/h3,5-6,11,17H,4,7-10H2,(H,18,19). The van der Waals surface area contributed by atoms with Crippen LogP contribution in [0, 0.1) is 11.8 Å². The van der Waals surface area contributed by atoms with Crippen LogP contribution in [0.1, 0.15) is 6.42 Å². The maximum atomic E-state index is 11.4. The predicted octanol–water partition coefficient (Wildman–Crippen LogP) is 3.27. The van der Waals surface area contributed by atoms with Gasteiger partial charge in [0.15, 0.2) is 6.61 Å². The molecule has 0 aliphatic carbocycles. The maximum absolute atomic E-state index is 11.4. The van der Waals surface area contributed by atoms with Gasteiger partial charge >= 0.3 is 6.09 Å². The van der Waals surface area contributed by atoms with E-state index in [1.807, 2.05) is 0 Å². The molecule has 2 N–H and O–H groups in total. The number of rotatable bonds is 6. The normalized spacial score (nSPS) is 9.50. The largest absolute Gasteiger partial charge is 0.436 e. The second-order valence-electron chi connectivity index (χ2n) is 3.78. The summed E-state index contributed by atoms with van der Waals surface area (Å²) in [6.45, 7) is 1.56. The van der Waals surface area contributed by atoms with E-state index in [4.69, 9.17) is 16.3 Å². The lowest BCUT2D eigenvalue weighted by Gasteiger charge is -2.04. The predicted molar refractivity (Wildman–Crippen MR) is 85.5 cm³/mol. The van der Waals surface area contributed by atoms with Gasteiger partial charge in [-0.05, 0) is 31.2 Å². The Morgan fingerprint density at radius 1 is 1.40 bits per heavy atom. The highest BCUT2D eigenvalue weighted by molar-refractivity contribution is 9.09. The molecule has 0 fully saturated rings. The summed E-state index contributed by atoms with van der Waals surface area (Å²) < 4.78 is 4.91. The first kappa shape index (κ1) is 16.8. The number of amides is 1. The summed E-state index contributed by atoms with van der Waals surface area (Å²) in [6.07, 6.45) is 0.508. The van der Waals surface area contributed by atoms with Crippen LogP contribution in [0.5, 0.6) is 0 Å². The Labute approximate surface area is 132 Å². The first-order chi connectivity index (χ1) is 9.72. The lowest BCUT2D eigenvalue weighted by molar-refractivity contribution is 0.176. The smallest absolute Gasteiger partial charge is 0.412 e. The number of ether oxygens (including phenoxy) is 1. The van der Waals surface area contributed by atoms with Crippen molar-refractivity contribution in [3.8, 4) is 11.8 Å². The molecule has 0 atom stereocenters. The van der Waals surface area contributed by atoms with Crippen LogP contribution in [-0.2, 0) is 4.74 Å². The minimum absolute atomic E-state index is 0.0620. The number of carbonyl (C=O) groups excluding carboxylic acids is 1. The van der Waals surface area contributed by atoms with E-state index >= 15 is 0 Å². The summed E-state index contributed by atoms with van der Waals surface area (Å²) in [5.41, 5.74) is 0.590. The number of alkyl halides is 1. The number of hydrogen-bond acceptors (Lipinski definition) is 3. The van der Waals surface area contributed by atoms with Gasteiger partial charge in [0.2, 0.25) is 0 Å². The molecule has 0 heterocycles. The van der Waals surface area contributed by atoms with Crippen LogP contribution in [0.3, 0.4) is 0 Å². The fourth-order valence-electron chi connectivity index (χ4n) is 1.28. The van der Waals surface area contributed by atoms with Crippen LogP contribution in [0.25, 0.3) is 0 Å². The van der Waals surface area contributed by atoms with Crippen LogP contribution < -0.4 is 10.6 Å². The molecule has 0 saturated heterocycles. The van der Waals surface area contributed by atoms with Gasteiger partial charge in [-0.2, -0.15) is 0 Å². The van der Waals surface area contributed by atoms with Gasteiger partial charge in [0.1, 0.15) is 0 Å². The zero-order valence-electron chi connectivity index (χ0n) is 10.9. The molecule has 0 aliphatic heterocycles. The van der Waals surface area contributed by atoms with Crippen LogP contribution in [-0.4, -0.2) is 31.1 Å². The van der Waals surface area contributed by atoms with Gasteiger partial charge < -0.3 is 10.1 Å². The molecule has 1 aromatic rings. The summed E-state index contributed by atoms with van der Waals surface area (Å²) in [6, 6.07) is 6.84. The van der Waals surface area contributed by atoms with Crippen molar-refractivity contribution in [1.82, 2.24) is 5.32 Å². The second-order valence-corrected chi connectivity index (χ2v) is 5.01. The van der Waals surface area contributed by atoms with Crippen LogP contribution in [0.15, 0.2) is 24.3 Å². The van der Waals surface area contributed by atoms with Crippen molar-refractivity contribution in [3.63, 3.8) is 0 Å². The molecule has 1 amide bonds. The lowest BCUT2D eigenvalue weighted by atomic mass is 10.3. The van der Waals surface area contributed by atoms with E-state index in [-0.39, 0.29) is 6.61 Å². The number of benzene rings is 1. The Kier molecular flexibility index (Phi) is 8.88. The quantitative estimate of drug-likeness (QED) is 0.466. The molecule has 20 heavy (non-hydrogen) atoms. The summed E-state index contributed by atoms with van der Waals surface area (Å²) in [7, 11) is 0. The summed E-state index contributed by atoms with van der Waals surface area (Å²) >= 11 is 9.14. The van der Waals surface area contributed by atoms with Crippen molar-refractivity contribution >= 4 is 39.3 Å². The van der Waals surface area contributed by atoms with Crippen molar-refractivity contribution in [2.45, 2.75) is 6.42 Å². The molecule has 0 spiro atoms. The Morgan fingerprint density at radius 2 is 2.25 bits per heavy atom. The minimum Gasteiger partial charge on any atom is -0.436 e. The molecular formula is C14H16BrClN2O2. The monoisotopic (exact) mass is 358 g/mol.